The number of benzene rings is 2. The monoisotopic (exact) mass is 382 g/mol. The van der Waals surface area contributed by atoms with Crippen LogP contribution in [0.1, 0.15) is 24.4 Å². The van der Waals surface area contributed by atoms with E-state index in [1.807, 2.05) is 32.2 Å². The molecule has 4 rings (SSSR count). The molecule has 0 fully saturated rings. The summed E-state index contributed by atoms with van der Waals surface area (Å²) in [6.45, 7) is 2.88. The van der Waals surface area contributed by atoms with Gasteiger partial charge in [-0.15, -0.1) is 10.2 Å². The number of nitro groups is 1. The number of rotatable bonds is 6. The van der Waals surface area contributed by atoms with E-state index in [1.54, 1.807) is 12.1 Å². The standard InChI is InChI=1S/C19H18N4O5/c1-12(22(2)10-13-3-8-16-17(9-13)27-11-26-16)18-20-21-19(28-18)14-4-6-15(7-5-14)23(24)25/h3-9,12H,10-11H2,1-2H3. The number of ether oxygens (including phenoxy) is 2. The average molecular weight is 382 g/mol. The van der Waals surface area contributed by atoms with Gasteiger partial charge in [0.05, 0.1) is 11.0 Å². The summed E-state index contributed by atoms with van der Waals surface area (Å²) in [6, 6.07) is 11.7. The van der Waals surface area contributed by atoms with Crippen LogP contribution in [0.25, 0.3) is 11.5 Å². The Kier molecular flexibility index (Phi) is 4.66. The number of fused-ring (bicyclic) bond motifs is 1. The molecule has 2 heterocycles. The van der Waals surface area contributed by atoms with Crippen molar-refractivity contribution in [3.8, 4) is 23.0 Å². The maximum atomic E-state index is 10.8. The number of non-ortho nitro benzene ring substituents is 1. The maximum Gasteiger partial charge on any atom is 0.269 e. The lowest BCUT2D eigenvalue weighted by atomic mass is 10.1. The third-order valence-corrected chi connectivity index (χ3v) is 4.65. The van der Waals surface area contributed by atoms with Gasteiger partial charge in [-0.05, 0) is 43.8 Å². The molecule has 2 aromatic carbocycles. The van der Waals surface area contributed by atoms with Crippen LogP contribution in [0.5, 0.6) is 11.5 Å². The minimum absolute atomic E-state index is 0.0142. The van der Waals surface area contributed by atoms with Gasteiger partial charge >= 0.3 is 0 Å². The molecule has 0 N–H and O–H groups in total. The number of nitro benzene ring substituents is 1. The van der Waals surface area contributed by atoms with Crippen molar-refractivity contribution < 1.29 is 18.8 Å². The zero-order valence-corrected chi connectivity index (χ0v) is 15.4. The summed E-state index contributed by atoms with van der Waals surface area (Å²) in [5, 5.41) is 19.0. The molecule has 9 nitrogen and oxygen atoms in total. The van der Waals surface area contributed by atoms with Crippen LogP contribution in [-0.2, 0) is 6.54 Å². The first-order chi connectivity index (χ1) is 13.5. The van der Waals surface area contributed by atoms with E-state index in [0.717, 1.165) is 17.1 Å². The van der Waals surface area contributed by atoms with Gasteiger partial charge < -0.3 is 13.9 Å². The SMILES string of the molecule is CC(c1nnc(-c2ccc([N+](=O)[O-])cc2)o1)N(C)Cc1ccc2c(c1)OCO2. The fraction of sp³-hybridized carbons (Fsp3) is 0.263. The van der Waals surface area contributed by atoms with Crippen LogP contribution in [0.15, 0.2) is 46.9 Å². The second kappa shape index (κ2) is 7.28. The van der Waals surface area contributed by atoms with Gasteiger partial charge in [0.2, 0.25) is 18.6 Å². The first-order valence-corrected chi connectivity index (χ1v) is 8.68. The largest absolute Gasteiger partial charge is 0.454 e. The molecule has 3 aromatic rings. The van der Waals surface area contributed by atoms with Crippen LogP contribution < -0.4 is 9.47 Å². The second-order valence-electron chi connectivity index (χ2n) is 6.53. The molecule has 0 bridgehead atoms. The molecule has 0 spiro atoms. The van der Waals surface area contributed by atoms with Crippen molar-refractivity contribution >= 4 is 5.69 Å². The first-order valence-electron chi connectivity index (χ1n) is 8.68. The van der Waals surface area contributed by atoms with E-state index < -0.39 is 4.92 Å². The van der Waals surface area contributed by atoms with E-state index in [-0.39, 0.29) is 18.5 Å². The van der Waals surface area contributed by atoms with Crippen molar-refractivity contribution in [1.29, 1.82) is 0 Å². The fourth-order valence-corrected chi connectivity index (χ4v) is 2.90. The van der Waals surface area contributed by atoms with Crippen LogP contribution in [0.3, 0.4) is 0 Å². The summed E-state index contributed by atoms with van der Waals surface area (Å²) in [5.74, 6) is 2.30. The van der Waals surface area contributed by atoms with Crippen LogP contribution in [-0.4, -0.2) is 33.9 Å². The third kappa shape index (κ3) is 3.52. The van der Waals surface area contributed by atoms with Crippen molar-refractivity contribution in [1.82, 2.24) is 15.1 Å². The summed E-state index contributed by atoms with van der Waals surface area (Å²) in [6.07, 6.45) is 0. The quantitative estimate of drug-likeness (QED) is 0.471. The highest BCUT2D eigenvalue weighted by Crippen LogP contribution is 2.33. The summed E-state index contributed by atoms with van der Waals surface area (Å²) in [5.41, 5.74) is 1.73. The Morgan fingerprint density at radius 3 is 2.64 bits per heavy atom. The number of aromatic nitrogens is 2. The van der Waals surface area contributed by atoms with Crippen molar-refractivity contribution in [3.63, 3.8) is 0 Å². The highest BCUT2D eigenvalue weighted by molar-refractivity contribution is 5.55. The first kappa shape index (κ1) is 17.9. The summed E-state index contributed by atoms with van der Waals surface area (Å²) in [7, 11) is 1.96. The van der Waals surface area contributed by atoms with Crippen molar-refractivity contribution in [2.24, 2.45) is 0 Å². The summed E-state index contributed by atoms with van der Waals surface area (Å²) < 4.78 is 16.5. The van der Waals surface area contributed by atoms with E-state index >= 15 is 0 Å². The van der Waals surface area contributed by atoms with Crippen LogP contribution in [0, 0.1) is 10.1 Å². The molecule has 0 amide bonds. The lowest BCUT2D eigenvalue weighted by Gasteiger charge is -2.21. The van der Waals surface area contributed by atoms with Crippen LogP contribution in [0.4, 0.5) is 5.69 Å². The van der Waals surface area contributed by atoms with Gasteiger partial charge in [-0.2, -0.15) is 0 Å². The van der Waals surface area contributed by atoms with Crippen LogP contribution >= 0.6 is 0 Å². The van der Waals surface area contributed by atoms with Crippen molar-refractivity contribution in [2.75, 3.05) is 13.8 Å². The number of nitrogens with zero attached hydrogens (tertiary/aromatic N) is 4. The van der Waals surface area contributed by atoms with Gasteiger partial charge in [-0.1, -0.05) is 6.07 Å². The molecule has 0 saturated carbocycles. The topological polar surface area (TPSA) is 104 Å². The van der Waals surface area contributed by atoms with Gasteiger partial charge in [-0.25, -0.2) is 0 Å². The predicted octanol–water partition coefficient (Wildman–Crippen LogP) is 3.57. The normalized spacial score (nSPS) is 13.7. The minimum Gasteiger partial charge on any atom is -0.454 e. The summed E-state index contributed by atoms with van der Waals surface area (Å²) in [4.78, 5) is 12.4. The van der Waals surface area contributed by atoms with Crippen molar-refractivity contribution in [2.45, 2.75) is 19.5 Å². The number of hydrogen-bond acceptors (Lipinski definition) is 8. The molecule has 0 saturated heterocycles. The van der Waals surface area contributed by atoms with E-state index in [0.29, 0.717) is 23.9 Å². The molecule has 1 aromatic heterocycles. The van der Waals surface area contributed by atoms with E-state index in [2.05, 4.69) is 15.1 Å². The molecule has 1 unspecified atom stereocenters. The highest BCUT2D eigenvalue weighted by Gasteiger charge is 2.21. The Morgan fingerprint density at radius 1 is 1.14 bits per heavy atom. The molecule has 0 radical (unpaired) electrons. The van der Waals surface area contributed by atoms with Gasteiger partial charge in [0.15, 0.2) is 11.5 Å². The zero-order chi connectivity index (χ0) is 19.7. The van der Waals surface area contributed by atoms with Gasteiger partial charge in [0.25, 0.3) is 5.69 Å². The molecular formula is C19H18N4O5. The number of hydrogen-bond donors (Lipinski definition) is 0. The fourth-order valence-electron chi connectivity index (χ4n) is 2.90. The van der Waals surface area contributed by atoms with Crippen molar-refractivity contribution in [3.05, 3.63) is 64.0 Å². The Hall–Kier alpha value is -3.46. The average Bonchev–Trinajstić information content (AvgIpc) is 3.36. The van der Waals surface area contributed by atoms with E-state index in [1.165, 1.54) is 12.1 Å². The molecule has 1 aliphatic heterocycles. The lowest BCUT2D eigenvalue weighted by Crippen LogP contribution is -2.22. The Morgan fingerprint density at radius 2 is 1.89 bits per heavy atom. The van der Waals surface area contributed by atoms with Gasteiger partial charge in [-0.3, -0.25) is 15.0 Å². The van der Waals surface area contributed by atoms with E-state index in [9.17, 15) is 10.1 Å². The lowest BCUT2D eigenvalue weighted by molar-refractivity contribution is -0.384. The Bertz CT molecular complexity index is 1000. The smallest absolute Gasteiger partial charge is 0.269 e. The van der Waals surface area contributed by atoms with Crippen LogP contribution in [0.2, 0.25) is 0 Å². The molecule has 28 heavy (non-hydrogen) atoms. The molecule has 144 valence electrons. The third-order valence-electron chi connectivity index (χ3n) is 4.65. The molecular weight excluding hydrogens is 364 g/mol. The highest BCUT2D eigenvalue weighted by atomic mass is 16.7. The molecule has 0 aliphatic carbocycles. The molecule has 1 aliphatic rings. The zero-order valence-electron chi connectivity index (χ0n) is 15.4. The Labute approximate surface area is 160 Å². The van der Waals surface area contributed by atoms with Gasteiger partial charge in [0, 0.05) is 24.2 Å². The predicted molar refractivity (Wildman–Crippen MR) is 98.8 cm³/mol. The second-order valence-corrected chi connectivity index (χ2v) is 6.53. The minimum atomic E-state index is -0.448. The van der Waals surface area contributed by atoms with Gasteiger partial charge in [0.1, 0.15) is 0 Å². The maximum absolute atomic E-state index is 10.8. The summed E-state index contributed by atoms with van der Waals surface area (Å²) >= 11 is 0. The van der Waals surface area contributed by atoms with E-state index in [4.69, 9.17) is 13.9 Å². The molecule has 9 heteroatoms. The Balaban J connectivity index is 1.46. The molecule has 1 atom stereocenters.